The van der Waals surface area contributed by atoms with Gasteiger partial charge in [-0.1, -0.05) is 19.1 Å². The largest absolute Gasteiger partial charge is 1.00 e. The van der Waals surface area contributed by atoms with E-state index in [1.54, 1.807) is 82.1 Å². The number of amides is 1. The summed E-state index contributed by atoms with van der Waals surface area (Å²) in [6, 6.07) is 13.6. The van der Waals surface area contributed by atoms with Crippen molar-refractivity contribution in [3.8, 4) is 23.1 Å². The van der Waals surface area contributed by atoms with Crippen LogP contribution in [0.2, 0.25) is 0 Å². The Kier molecular flexibility index (Phi) is 13.3. The molecule has 0 aliphatic carbocycles. The van der Waals surface area contributed by atoms with Crippen LogP contribution in [0.5, 0.6) is 5.75 Å². The molecule has 0 aliphatic rings. The number of benzene rings is 3. The molecule has 3 aromatic carbocycles. The number of halogens is 4. The molecule has 0 saturated carbocycles. The zero-order valence-corrected chi connectivity index (χ0v) is 33.6. The number of nitriles is 1. The lowest BCUT2D eigenvalue weighted by Gasteiger charge is -2.32. The second-order valence-electron chi connectivity index (χ2n) is 14.1. The first-order valence-corrected chi connectivity index (χ1v) is 17.7. The van der Waals surface area contributed by atoms with E-state index >= 15 is 4.39 Å². The van der Waals surface area contributed by atoms with Crippen LogP contribution in [-0.4, -0.2) is 56.0 Å². The highest BCUT2D eigenvalue weighted by molar-refractivity contribution is 7.10. The predicted octanol–water partition coefficient (Wildman–Crippen LogP) is 3.72. The van der Waals surface area contributed by atoms with E-state index in [2.05, 4.69) is 16.2 Å². The number of aromatic nitrogens is 4. The van der Waals surface area contributed by atoms with Crippen LogP contribution in [0.3, 0.4) is 0 Å². The number of nitrogens with zero attached hydrogens (tertiary/aromatic N) is 6. The normalized spacial score (nSPS) is 12.9. The minimum absolute atomic E-state index is 0. The second-order valence-corrected chi connectivity index (χ2v) is 15.0. The molecule has 290 valence electrons. The topological polar surface area (TPSA) is 134 Å². The van der Waals surface area contributed by atoms with E-state index in [1.165, 1.54) is 29.4 Å². The van der Waals surface area contributed by atoms with E-state index in [4.69, 9.17) is 14.7 Å². The zero-order chi connectivity index (χ0) is 39.5. The van der Waals surface area contributed by atoms with Crippen molar-refractivity contribution in [1.29, 1.82) is 5.26 Å². The van der Waals surface area contributed by atoms with Gasteiger partial charge in [-0.05, 0) is 81.6 Å². The number of ether oxygens (including phenoxy) is 2. The Balaban J connectivity index is 0.00000673. The van der Waals surface area contributed by atoms with Gasteiger partial charge in [-0.25, -0.2) is 32.3 Å². The Hall–Kier alpha value is -5.11. The number of carbonyl (C=O) groups excluding carboxylic acids is 2. The Labute approximate surface area is 331 Å². The molecule has 16 heteroatoms. The summed E-state index contributed by atoms with van der Waals surface area (Å²) >= 11 is 1.21. The summed E-state index contributed by atoms with van der Waals surface area (Å²) in [5, 5.41) is 28.0. The van der Waals surface area contributed by atoms with Crippen LogP contribution in [0.15, 0.2) is 66.6 Å². The molecule has 2 heterocycles. The van der Waals surface area contributed by atoms with Crippen molar-refractivity contribution in [2.24, 2.45) is 0 Å². The average molecular weight is 842 g/mol. The van der Waals surface area contributed by atoms with Crippen LogP contribution in [0.1, 0.15) is 66.4 Å². The Morgan fingerprint density at radius 3 is 2.31 bits per heavy atom. The van der Waals surface area contributed by atoms with Gasteiger partial charge in [0.15, 0.2) is 11.6 Å². The number of hydrogen-bond acceptors (Lipinski definition) is 9. The molecule has 2 aromatic heterocycles. The standard InChI is InChI=1S/C39H40F3N6O5S.BrH/c1-23-12-27(13-24(2)35(23)52-34(49)18-46(7)37(50)53-38(4,5)6)17-47-21-44-48(22-47)20-39(51,29-14-31(41)32(42)15-30(29)40)25(3)36-45-33(19-54-36)28-10-8-26(16-43)9-11-28;/h8-15,19,21-22,25,51H,17-18,20H2,1-7H3;1H/q+1;/p-1/t25-,39+;/m0./s1. The molecule has 11 nitrogen and oxygen atoms in total. The first-order valence-electron chi connectivity index (χ1n) is 16.9. The number of rotatable bonds is 11. The SMILES string of the molecule is Cc1cc(C[n+]2cnn(C[C@](O)(c3cc(F)c(F)cc3F)[C@@H](C)c3nc(-c4ccc(C#N)cc4)cs3)c2)cc(C)c1OC(=O)CN(C)C(=O)OC(C)(C)C.[Br-]. The van der Waals surface area contributed by atoms with Crippen molar-refractivity contribution in [2.45, 2.75) is 71.8 Å². The summed E-state index contributed by atoms with van der Waals surface area (Å²) in [5.41, 5.74) is 0.628. The van der Waals surface area contributed by atoms with Crippen molar-refractivity contribution in [1.82, 2.24) is 19.7 Å². The molecule has 5 rings (SSSR count). The summed E-state index contributed by atoms with van der Waals surface area (Å²) in [6.45, 7) is 10.0. The van der Waals surface area contributed by atoms with Crippen LogP contribution in [0.25, 0.3) is 11.3 Å². The van der Waals surface area contributed by atoms with Crippen LogP contribution >= 0.6 is 11.3 Å². The highest BCUT2D eigenvalue weighted by Crippen LogP contribution is 2.42. The lowest BCUT2D eigenvalue weighted by molar-refractivity contribution is -0.689. The second kappa shape index (κ2) is 17.1. The number of thiazole rings is 1. The van der Waals surface area contributed by atoms with Gasteiger partial charge in [0.1, 0.15) is 35.9 Å². The molecular weight excluding hydrogens is 801 g/mol. The Bertz CT molecular complexity index is 2210. The molecular formula is C39H40BrF3N6O5S. The molecule has 0 aliphatic heterocycles. The molecule has 1 amide bonds. The van der Waals surface area contributed by atoms with E-state index in [9.17, 15) is 23.5 Å². The van der Waals surface area contributed by atoms with Crippen molar-refractivity contribution in [3.63, 3.8) is 0 Å². The summed E-state index contributed by atoms with van der Waals surface area (Å²) in [6.07, 6.45) is 2.44. The van der Waals surface area contributed by atoms with Crippen LogP contribution in [-0.2, 0) is 28.2 Å². The number of hydrogen-bond donors (Lipinski definition) is 1. The number of likely N-dealkylation sites (N-methyl/N-ethyl adjacent to an activating group) is 1. The van der Waals surface area contributed by atoms with Gasteiger partial charge in [-0.3, -0.25) is 0 Å². The van der Waals surface area contributed by atoms with E-state index in [1.807, 2.05) is 12.1 Å². The summed E-state index contributed by atoms with van der Waals surface area (Å²) in [7, 11) is 1.44. The number of carbonyl (C=O) groups is 2. The minimum atomic E-state index is -2.14. The van der Waals surface area contributed by atoms with Gasteiger partial charge in [0, 0.05) is 40.6 Å². The smallest absolute Gasteiger partial charge is 0.410 e. The maximum Gasteiger partial charge on any atom is 0.410 e. The molecule has 0 fully saturated rings. The van der Waals surface area contributed by atoms with E-state index < -0.39 is 52.2 Å². The van der Waals surface area contributed by atoms with Crippen LogP contribution in [0.4, 0.5) is 18.0 Å². The molecule has 55 heavy (non-hydrogen) atoms. The van der Waals surface area contributed by atoms with Crippen LogP contribution in [0, 0.1) is 42.6 Å². The zero-order valence-electron chi connectivity index (χ0n) is 31.2. The third kappa shape index (κ3) is 10.2. The number of esters is 1. The lowest BCUT2D eigenvalue weighted by Crippen LogP contribution is -3.00. The van der Waals surface area contributed by atoms with Gasteiger partial charge < -0.3 is 36.5 Å². The molecule has 0 unspecified atom stereocenters. The van der Waals surface area contributed by atoms with Gasteiger partial charge in [0.25, 0.3) is 6.33 Å². The van der Waals surface area contributed by atoms with Crippen molar-refractivity contribution < 1.29 is 58.9 Å². The molecule has 0 bridgehead atoms. The average Bonchev–Trinajstić information content (AvgIpc) is 3.77. The van der Waals surface area contributed by atoms with E-state index in [0.717, 1.165) is 16.0 Å². The molecule has 0 spiro atoms. The van der Waals surface area contributed by atoms with Gasteiger partial charge in [0.2, 0.25) is 6.33 Å². The van der Waals surface area contributed by atoms with Gasteiger partial charge >= 0.3 is 12.1 Å². The van der Waals surface area contributed by atoms with Crippen molar-refractivity contribution in [2.75, 3.05) is 13.6 Å². The monoisotopic (exact) mass is 840 g/mol. The van der Waals surface area contributed by atoms with Crippen LogP contribution < -0.4 is 26.3 Å². The van der Waals surface area contributed by atoms with Gasteiger partial charge in [-0.2, -0.15) is 5.26 Å². The van der Waals surface area contributed by atoms with Crippen molar-refractivity contribution >= 4 is 23.4 Å². The molecule has 1 N–H and O–H groups in total. The fourth-order valence-corrected chi connectivity index (χ4v) is 6.84. The molecule has 5 aromatic rings. The summed E-state index contributed by atoms with van der Waals surface area (Å²) in [5.74, 6) is -5.04. The third-order valence-corrected chi connectivity index (χ3v) is 9.63. The molecule has 0 radical (unpaired) electrons. The highest BCUT2D eigenvalue weighted by atomic mass is 79.9. The molecule has 2 atom stereocenters. The number of aliphatic hydroxyl groups is 1. The fraction of sp³-hybridized carbons (Fsp3) is 0.333. The third-order valence-electron chi connectivity index (χ3n) is 8.60. The molecule has 0 saturated heterocycles. The maximum absolute atomic E-state index is 15.4. The van der Waals surface area contributed by atoms with Crippen molar-refractivity contribution in [3.05, 3.63) is 117 Å². The minimum Gasteiger partial charge on any atom is -1.00 e. The number of aryl methyl sites for hydroxylation is 2. The van der Waals surface area contributed by atoms with Gasteiger partial charge in [0.05, 0.1) is 28.9 Å². The lowest BCUT2D eigenvalue weighted by atomic mass is 9.82. The summed E-state index contributed by atoms with van der Waals surface area (Å²) < 4.78 is 58.0. The van der Waals surface area contributed by atoms with E-state index in [-0.39, 0.29) is 30.1 Å². The van der Waals surface area contributed by atoms with Gasteiger partial charge in [-0.15, -0.1) is 16.0 Å². The summed E-state index contributed by atoms with van der Waals surface area (Å²) in [4.78, 5) is 30.8. The highest BCUT2D eigenvalue weighted by Gasteiger charge is 2.44. The van der Waals surface area contributed by atoms with E-state index in [0.29, 0.717) is 51.8 Å². The Morgan fingerprint density at radius 2 is 1.69 bits per heavy atom. The predicted molar refractivity (Wildman–Crippen MR) is 193 cm³/mol. The first kappa shape index (κ1) is 42.6. The Morgan fingerprint density at radius 1 is 1.05 bits per heavy atom. The quantitative estimate of drug-likeness (QED) is 0.0922. The fourth-order valence-electron chi connectivity index (χ4n) is 5.87. The first-order chi connectivity index (χ1) is 25.4. The maximum atomic E-state index is 15.4.